The molecule has 0 aromatic heterocycles. The molecule has 0 aromatic rings. The van der Waals surface area contributed by atoms with E-state index >= 15 is 0 Å². The molecule has 2 saturated heterocycles. The van der Waals surface area contributed by atoms with Crippen LogP contribution in [0, 0.1) is 5.92 Å². The molecule has 2 fully saturated rings. The average Bonchev–Trinajstić information content (AvgIpc) is 2.77. The molecule has 4 heteroatoms. The zero-order valence-corrected chi connectivity index (χ0v) is 10.2. The van der Waals surface area contributed by atoms with Crippen molar-refractivity contribution < 1.29 is 4.79 Å². The van der Waals surface area contributed by atoms with E-state index in [4.69, 9.17) is 5.73 Å². The van der Waals surface area contributed by atoms with Gasteiger partial charge in [0.25, 0.3) is 0 Å². The molecule has 16 heavy (non-hydrogen) atoms. The Balaban J connectivity index is 1.78. The van der Waals surface area contributed by atoms with Crippen molar-refractivity contribution >= 4 is 5.91 Å². The van der Waals surface area contributed by atoms with Crippen LogP contribution in [0.15, 0.2) is 0 Å². The van der Waals surface area contributed by atoms with E-state index < -0.39 is 0 Å². The topological polar surface area (TPSA) is 49.6 Å². The summed E-state index contributed by atoms with van der Waals surface area (Å²) in [6.45, 7) is 6.57. The zero-order valence-electron chi connectivity index (χ0n) is 10.2. The van der Waals surface area contributed by atoms with Gasteiger partial charge in [0.15, 0.2) is 0 Å². The van der Waals surface area contributed by atoms with Crippen molar-refractivity contribution in [2.75, 3.05) is 32.7 Å². The van der Waals surface area contributed by atoms with Crippen molar-refractivity contribution in [2.45, 2.75) is 32.2 Å². The SMILES string of the molecule is CC1CCN(CC(=O)N2CCCC2)CC1N. The van der Waals surface area contributed by atoms with Crippen LogP contribution in [0.2, 0.25) is 0 Å². The van der Waals surface area contributed by atoms with Crippen molar-refractivity contribution in [3.63, 3.8) is 0 Å². The van der Waals surface area contributed by atoms with Crippen LogP contribution in [0.1, 0.15) is 26.2 Å². The first-order valence-electron chi connectivity index (χ1n) is 6.42. The van der Waals surface area contributed by atoms with E-state index in [1.807, 2.05) is 4.90 Å². The molecule has 0 saturated carbocycles. The lowest BCUT2D eigenvalue weighted by atomic mass is 9.94. The Morgan fingerprint density at radius 1 is 1.31 bits per heavy atom. The van der Waals surface area contributed by atoms with E-state index in [2.05, 4.69) is 11.8 Å². The highest BCUT2D eigenvalue weighted by atomic mass is 16.2. The number of hydrogen-bond donors (Lipinski definition) is 1. The molecule has 2 heterocycles. The highest BCUT2D eigenvalue weighted by Gasteiger charge is 2.26. The van der Waals surface area contributed by atoms with Gasteiger partial charge < -0.3 is 10.6 Å². The molecular weight excluding hydrogens is 202 g/mol. The maximum absolute atomic E-state index is 11.9. The first-order chi connectivity index (χ1) is 7.66. The second-order valence-corrected chi connectivity index (χ2v) is 5.25. The van der Waals surface area contributed by atoms with Gasteiger partial charge in [0, 0.05) is 25.7 Å². The van der Waals surface area contributed by atoms with Crippen molar-refractivity contribution in [1.82, 2.24) is 9.80 Å². The van der Waals surface area contributed by atoms with Gasteiger partial charge in [-0.25, -0.2) is 0 Å². The maximum atomic E-state index is 11.9. The number of nitrogens with zero attached hydrogens (tertiary/aromatic N) is 2. The summed E-state index contributed by atoms with van der Waals surface area (Å²) in [6, 6.07) is 0.236. The predicted molar refractivity (Wildman–Crippen MR) is 64.0 cm³/mol. The molecule has 2 atom stereocenters. The van der Waals surface area contributed by atoms with Crippen LogP contribution in [0.3, 0.4) is 0 Å². The smallest absolute Gasteiger partial charge is 0.236 e. The van der Waals surface area contributed by atoms with Crippen LogP contribution in [-0.2, 0) is 4.79 Å². The van der Waals surface area contributed by atoms with Gasteiger partial charge in [-0.1, -0.05) is 6.92 Å². The van der Waals surface area contributed by atoms with Gasteiger partial charge in [-0.2, -0.15) is 0 Å². The summed E-state index contributed by atoms with van der Waals surface area (Å²) in [5.41, 5.74) is 6.03. The van der Waals surface area contributed by atoms with Gasteiger partial charge in [0.05, 0.1) is 6.54 Å². The van der Waals surface area contributed by atoms with Crippen molar-refractivity contribution in [2.24, 2.45) is 11.7 Å². The molecule has 2 aliphatic heterocycles. The summed E-state index contributed by atoms with van der Waals surface area (Å²) < 4.78 is 0. The van der Waals surface area contributed by atoms with Crippen molar-refractivity contribution in [3.8, 4) is 0 Å². The Bertz CT molecular complexity index is 251. The quantitative estimate of drug-likeness (QED) is 0.734. The molecule has 4 nitrogen and oxygen atoms in total. The fourth-order valence-electron chi connectivity index (χ4n) is 2.57. The summed E-state index contributed by atoms with van der Waals surface area (Å²) in [5.74, 6) is 0.886. The molecule has 2 N–H and O–H groups in total. The Hall–Kier alpha value is -0.610. The van der Waals surface area contributed by atoms with Gasteiger partial charge in [-0.15, -0.1) is 0 Å². The van der Waals surface area contributed by atoms with Crippen LogP contribution < -0.4 is 5.73 Å². The van der Waals surface area contributed by atoms with E-state index in [0.29, 0.717) is 18.4 Å². The van der Waals surface area contributed by atoms with Crippen LogP contribution in [0.4, 0.5) is 0 Å². The summed E-state index contributed by atoms with van der Waals surface area (Å²) in [4.78, 5) is 16.1. The summed E-state index contributed by atoms with van der Waals surface area (Å²) in [7, 11) is 0. The lowest BCUT2D eigenvalue weighted by Gasteiger charge is -2.35. The average molecular weight is 225 g/mol. The van der Waals surface area contributed by atoms with Crippen LogP contribution >= 0.6 is 0 Å². The third kappa shape index (κ3) is 2.74. The van der Waals surface area contributed by atoms with Gasteiger partial charge >= 0.3 is 0 Å². The van der Waals surface area contributed by atoms with Gasteiger partial charge in [0.1, 0.15) is 0 Å². The number of carbonyl (C=O) groups excluding carboxylic acids is 1. The number of piperidine rings is 1. The minimum absolute atomic E-state index is 0.236. The second kappa shape index (κ2) is 5.15. The third-order valence-corrected chi connectivity index (χ3v) is 3.92. The van der Waals surface area contributed by atoms with Crippen LogP contribution in [0.25, 0.3) is 0 Å². The van der Waals surface area contributed by atoms with E-state index in [1.54, 1.807) is 0 Å². The first kappa shape index (κ1) is 11.9. The van der Waals surface area contributed by atoms with E-state index in [-0.39, 0.29) is 6.04 Å². The Morgan fingerprint density at radius 2 is 2.00 bits per heavy atom. The predicted octanol–water partition coefficient (Wildman–Crippen LogP) is 0.278. The zero-order chi connectivity index (χ0) is 11.5. The highest BCUT2D eigenvalue weighted by Crippen LogP contribution is 2.16. The molecule has 0 spiro atoms. The second-order valence-electron chi connectivity index (χ2n) is 5.25. The summed E-state index contributed by atoms with van der Waals surface area (Å²) in [5, 5.41) is 0. The van der Waals surface area contributed by atoms with Crippen LogP contribution in [-0.4, -0.2) is 54.5 Å². The largest absolute Gasteiger partial charge is 0.342 e. The highest BCUT2D eigenvalue weighted by molar-refractivity contribution is 5.78. The number of amides is 1. The minimum atomic E-state index is 0.236. The van der Waals surface area contributed by atoms with Crippen LogP contribution in [0.5, 0.6) is 0 Å². The number of likely N-dealkylation sites (tertiary alicyclic amines) is 2. The lowest BCUT2D eigenvalue weighted by Crippen LogP contribution is -2.50. The molecule has 2 unspecified atom stereocenters. The van der Waals surface area contributed by atoms with Crippen molar-refractivity contribution in [1.29, 1.82) is 0 Å². The molecule has 0 aliphatic carbocycles. The van der Waals surface area contributed by atoms with Gasteiger partial charge in [-0.05, 0) is 31.7 Å². The van der Waals surface area contributed by atoms with Gasteiger partial charge in [-0.3, -0.25) is 9.69 Å². The van der Waals surface area contributed by atoms with Gasteiger partial charge in [0.2, 0.25) is 5.91 Å². The molecule has 2 aliphatic rings. The Kier molecular flexibility index (Phi) is 3.82. The fourth-order valence-corrected chi connectivity index (χ4v) is 2.57. The number of nitrogens with two attached hydrogens (primary N) is 1. The molecule has 0 aromatic carbocycles. The van der Waals surface area contributed by atoms with E-state index in [9.17, 15) is 4.79 Å². The summed E-state index contributed by atoms with van der Waals surface area (Å²) in [6.07, 6.45) is 3.46. The fraction of sp³-hybridized carbons (Fsp3) is 0.917. The summed E-state index contributed by atoms with van der Waals surface area (Å²) >= 11 is 0. The molecule has 1 amide bonds. The molecular formula is C12H23N3O. The normalized spacial score (nSPS) is 32.0. The lowest BCUT2D eigenvalue weighted by molar-refractivity contribution is -0.131. The van der Waals surface area contributed by atoms with E-state index in [0.717, 1.165) is 32.6 Å². The van der Waals surface area contributed by atoms with Crippen molar-refractivity contribution in [3.05, 3.63) is 0 Å². The Morgan fingerprint density at radius 3 is 2.62 bits per heavy atom. The molecule has 92 valence electrons. The standard InChI is InChI=1S/C12H23N3O/c1-10-4-7-14(8-11(10)13)9-12(16)15-5-2-3-6-15/h10-11H,2-9,13H2,1H3. The molecule has 0 bridgehead atoms. The monoisotopic (exact) mass is 225 g/mol. The Labute approximate surface area is 97.8 Å². The number of carbonyl (C=O) groups is 1. The first-order valence-corrected chi connectivity index (χ1v) is 6.42. The van der Waals surface area contributed by atoms with E-state index in [1.165, 1.54) is 12.8 Å². The maximum Gasteiger partial charge on any atom is 0.236 e. The third-order valence-electron chi connectivity index (χ3n) is 3.92. The number of hydrogen-bond acceptors (Lipinski definition) is 3. The minimum Gasteiger partial charge on any atom is -0.342 e. The molecule has 2 rings (SSSR count). The molecule has 0 radical (unpaired) electrons. The number of rotatable bonds is 2.